The minimum atomic E-state index is -0.280. The fourth-order valence-electron chi connectivity index (χ4n) is 4.29. The molecule has 1 saturated heterocycles. The molecule has 1 fully saturated rings. The van der Waals surface area contributed by atoms with E-state index in [0.29, 0.717) is 25.4 Å². The van der Waals surface area contributed by atoms with Crippen LogP contribution in [0.5, 0.6) is 0 Å². The van der Waals surface area contributed by atoms with Crippen molar-refractivity contribution in [3.05, 3.63) is 59.4 Å². The van der Waals surface area contributed by atoms with Gasteiger partial charge in [-0.3, -0.25) is 9.59 Å². The van der Waals surface area contributed by atoms with Crippen LogP contribution in [0.3, 0.4) is 0 Å². The first-order chi connectivity index (χ1) is 15.4. The second-order valence-electron chi connectivity index (χ2n) is 8.46. The summed E-state index contributed by atoms with van der Waals surface area (Å²) >= 11 is 0. The molecule has 0 spiro atoms. The molecule has 1 aliphatic heterocycles. The molecule has 3 aromatic rings. The van der Waals surface area contributed by atoms with Crippen LogP contribution in [-0.2, 0) is 16.6 Å². The van der Waals surface area contributed by atoms with E-state index in [1.54, 1.807) is 16.5 Å². The Hall–Kier alpha value is -3.35. The average molecular weight is 435 g/mol. The number of esters is 1. The van der Waals surface area contributed by atoms with Gasteiger partial charge < -0.3 is 14.2 Å². The second kappa shape index (κ2) is 9.02. The number of carbonyl (C=O) groups excluding carboxylic acids is 2. The van der Waals surface area contributed by atoms with E-state index in [1.165, 1.54) is 0 Å². The zero-order valence-corrected chi connectivity index (χ0v) is 19.2. The quantitative estimate of drug-likeness (QED) is 0.571. The van der Waals surface area contributed by atoms with E-state index >= 15 is 0 Å². The molecule has 0 N–H and O–H groups in total. The summed E-state index contributed by atoms with van der Waals surface area (Å²) in [4.78, 5) is 27.7. The highest BCUT2D eigenvalue weighted by Gasteiger charge is 2.32. The molecule has 1 unspecified atom stereocenters. The third-order valence-corrected chi connectivity index (χ3v) is 6.06. The molecule has 1 aliphatic rings. The fourth-order valence-corrected chi connectivity index (χ4v) is 4.29. The molecule has 0 radical (unpaired) electrons. The Balaban J connectivity index is 1.74. The van der Waals surface area contributed by atoms with Crippen molar-refractivity contribution < 1.29 is 14.3 Å². The number of rotatable bonds is 5. The highest BCUT2D eigenvalue weighted by molar-refractivity contribution is 5.95. The smallest absolute Gasteiger partial charge is 0.310 e. The number of amides is 1. The number of hydrogen-bond acceptors (Lipinski definition) is 4. The van der Waals surface area contributed by atoms with Gasteiger partial charge in [-0.2, -0.15) is 5.10 Å². The van der Waals surface area contributed by atoms with E-state index in [1.807, 2.05) is 62.0 Å². The Bertz CT molecular complexity index is 1140. The number of aryl methyl sites for hydroxylation is 3. The van der Waals surface area contributed by atoms with E-state index in [9.17, 15) is 9.59 Å². The average Bonchev–Trinajstić information content (AvgIpc) is 3.41. The number of benzene rings is 1. The summed E-state index contributed by atoms with van der Waals surface area (Å²) in [5.74, 6) is -0.623. The fraction of sp³-hybridized carbons (Fsp3) is 0.400. The molecule has 4 rings (SSSR count). The Kier molecular flexibility index (Phi) is 6.17. The van der Waals surface area contributed by atoms with Crippen molar-refractivity contribution >= 4 is 11.9 Å². The summed E-state index contributed by atoms with van der Waals surface area (Å²) in [7, 11) is 1.96. The van der Waals surface area contributed by atoms with E-state index in [4.69, 9.17) is 9.84 Å². The van der Waals surface area contributed by atoms with Gasteiger partial charge in [0, 0.05) is 26.3 Å². The van der Waals surface area contributed by atoms with Gasteiger partial charge in [0.05, 0.1) is 23.9 Å². The van der Waals surface area contributed by atoms with Crippen molar-refractivity contribution in [3.63, 3.8) is 0 Å². The van der Waals surface area contributed by atoms with Gasteiger partial charge in [0.25, 0.3) is 5.91 Å². The Morgan fingerprint density at radius 3 is 2.72 bits per heavy atom. The molecule has 1 aromatic carbocycles. The second-order valence-corrected chi connectivity index (χ2v) is 8.46. The Morgan fingerprint density at radius 1 is 1.19 bits per heavy atom. The van der Waals surface area contributed by atoms with E-state index < -0.39 is 0 Å². The molecular weight excluding hydrogens is 404 g/mol. The maximum Gasteiger partial charge on any atom is 0.310 e. The van der Waals surface area contributed by atoms with Gasteiger partial charge in [-0.1, -0.05) is 12.1 Å². The monoisotopic (exact) mass is 434 g/mol. The number of piperidine rings is 1. The van der Waals surface area contributed by atoms with Crippen molar-refractivity contribution in [2.24, 2.45) is 13.0 Å². The summed E-state index contributed by atoms with van der Waals surface area (Å²) < 4.78 is 8.94. The lowest BCUT2D eigenvalue weighted by Gasteiger charge is -2.31. The lowest BCUT2D eigenvalue weighted by molar-refractivity contribution is -0.149. The molecule has 1 atom stereocenters. The van der Waals surface area contributed by atoms with E-state index in [-0.39, 0.29) is 17.8 Å². The van der Waals surface area contributed by atoms with Crippen molar-refractivity contribution in [1.29, 1.82) is 0 Å². The minimum Gasteiger partial charge on any atom is -0.466 e. The molecule has 7 nitrogen and oxygen atoms in total. The van der Waals surface area contributed by atoms with Crippen LogP contribution in [0.15, 0.2) is 42.6 Å². The third-order valence-electron chi connectivity index (χ3n) is 6.06. The molecule has 168 valence electrons. The lowest BCUT2D eigenvalue weighted by Crippen LogP contribution is -2.43. The van der Waals surface area contributed by atoms with Crippen molar-refractivity contribution in [2.75, 3.05) is 19.7 Å². The first kappa shape index (κ1) is 21.9. The lowest BCUT2D eigenvalue weighted by atomic mass is 9.98. The number of likely N-dealkylation sites (tertiary alicyclic amines) is 1. The van der Waals surface area contributed by atoms with Gasteiger partial charge in [-0.15, -0.1) is 0 Å². The van der Waals surface area contributed by atoms with Crippen LogP contribution in [0.25, 0.3) is 17.1 Å². The van der Waals surface area contributed by atoms with Crippen LogP contribution in [0.1, 0.15) is 41.4 Å². The SMILES string of the molecule is CCOC(=O)C1CCCN(C(=O)c2cc(-c3cccn3C)nn2-c2cc(C)ccc2C)C1. The largest absolute Gasteiger partial charge is 0.466 e. The third kappa shape index (κ3) is 4.20. The van der Waals surface area contributed by atoms with E-state index in [2.05, 4.69) is 6.07 Å². The summed E-state index contributed by atoms with van der Waals surface area (Å²) in [6.07, 6.45) is 3.48. The molecule has 7 heteroatoms. The maximum atomic E-state index is 13.7. The van der Waals surface area contributed by atoms with Gasteiger partial charge in [-0.25, -0.2) is 4.68 Å². The first-order valence-electron chi connectivity index (χ1n) is 11.1. The summed E-state index contributed by atoms with van der Waals surface area (Å²) in [5.41, 5.74) is 5.19. The van der Waals surface area contributed by atoms with Gasteiger partial charge in [0.1, 0.15) is 11.4 Å². The molecule has 0 saturated carbocycles. The number of ether oxygens (including phenoxy) is 1. The molecule has 1 amide bonds. The number of nitrogens with zero attached hydrogens (tertiary/aromatic N) is 4. The molecule has 32 heavy (non-hydrogen) atoms. The van der Waals surface area contributed by atoms with Gasteiger partial charge >= 0.3 is 5.97 Å². The Morgan fingerprint density at radius 2 is 2.00 bits per heavy atom. The number of carbonyl (C=O) groups is 2. The van der Waals surface area contributed by atoms with Crippen molar-refractivity contribution in [1.82, 2.24) is 19.2 Å². The summed E-state index contributed by atoms with van der Waals surface area (Å²) in [6, 6.07) is 11.9. The van der Waals surface area contributed by atoms with Gasteiger partial charge in [0.15, 0.2) is 0 Å². The van der Waals surface area contributed by atoms with Crippen LogP contribution >= 0.6 is 0 Å². The van der Waals surface area contributed by atoms with Gasteiger partial charge in [-0.05, 0) is 69.0 Å². The van der Waals surface area contributed by atoms with Crippen LogP contribution in [-0.4, -0.2) is 50.8 Å². The van der Waals surface area contributed by atoms with Crippen LogP contribution in [0, 0.1) is 19.8 Å². The standard InChI is InChI=1S/C25H30N4O3/c1-5-32-25(31)19-8-6-13-28(16-19)24(30)23-15-20(21-9-7-12-27(21)4)26-29(23)22-14-17(2)10-11-18(22)3/h7,9-12,14-15,19H,5-6,8,13,16H2,1-4H3. The molecule has 3 heterocycles. The van der Waals surface area contributed by atoms with Crippen LogP contribution < -0.4 is 0 Å². The first-order valence-corrected chi connectivity index (χ1v) is 11.1. The van der Waals surface area contributed by atoms with Crippen LogP contribution in [0.2, 0.25) is 0 Å². The van der Waals surface area contributed by atoms with Crippen LogP contribution in [0.4, 0.5) is 0 Å². The number of aromatic nitrogens is 3. The predicted molar refractivity (Wildman–Crippen MR) is 123 cm³/mol. The van der Waals surface area contributed by atoms with E-state index in [0.717, 1.165) is 41.0 Å². The summed E-state index contributed by atoms with van der Waals surface area (Å²) in [6.45, 7) is 7.19. The zero-order valence-electron chi connectivity index (χ0n) is 19.2. The molecule has 0 bridgehead atoms. The summed E-state index contributed by atoms with van der Waals surface area (Å²) in [5, 5.41) is 4.84. The number of hydrogen-bond donors (Lipinski definition) is 0. The minimum absolute atomic E-state index is 0.118. The van der Waals surface area contributed by atoms with Gasteiger partial charge in [0.2, 0.25) is 0 Å². The van der Waals surface area contributed by atoms with Crippen molar-refractivity contribution in [2.45, 2.75) is 33.6 Å². The highest BCUT2D eigenvalue weighted by atomic mass is 16.5. The molecular formula is C25H30N4O3. The topological polar surface area (TPSA) is 69.4 Å². The van der Waals surface area contributed by atoms with Crippen molar-refractivity contribution in [3.8, 4) is 17.1 Å². The Labute approximate surface area is 188 Å². The molecule has 2 aromatic heterocycles. The normalized spacial score (nSPS) is 16.2. The maximum absolute atomic E-state index is 13.7. The molecule has 0 aliphatic carbocycles. The zero-order chi connectivity index (χ0) is 22.8. The predicted octanol–water partition coefficient (Wildman–Crippen LogP) is 3.91. The highest BCUT2D eigenvalue weighted by Crippen LogP contribution is 2.27.